The molecule has 2 aromatic rings. The Morgan fingerprint density at radius 2 is 1.48 bits per heavy atom. The molecule has 27 heavy (non-hydrogen) atoms. The number of hydrogen-bond donors (Lipinski definition) is 3. The number of rotatable bonds is 6. The number of hydrogen-bond acceptors (Lipinski definition) is 6. The Labute approximate surface area is 161 Å². The third-order valence-corrected chi connectivity index (χ3v) is 3.38. The van der Waals surface area contributed by atoms with Crippen molar-refractivity contribution in [2.75, 3.05) is 20.3 Å². The Morgan fingerprint density at radius 1 is 0.889 bits per heavy atom. The molecule has 0 heterocycles. The standard InChI is InChI=1S/C18H19N3O5S/c1-24-18(23)21-20-17(27)19-16(22)13-7-9-15(10-8-13)26-12-11-25-14-5-3-2-4-6-14/h2-10H,11-12H2,1H3,(H,21,23)(H2,19,20,22,27). The van der Waals surface area contributed by atoms with Crippen molar-refractivity contribution in [3.63, 3.8) is 0 Å². The second kappa shape index (κ2) is 10.6. The van der Waals surface area contributed by atoms with Crippen LogP contribution in [0.15, 0.2) is 54.6 Å². The van der Waals surface area contributed by atoms with Crippen molar-refractivity contribution in [1.82, 2.24) is 16.2 Å². The van der Waals surface area contributed by atoms with Crippen LogP contribution in [0.25, 0.3) is 0 Å². The number of ether oxygens (including phenoxy) is 3. The molecule has 0 aliphatic carbocycles. The van der Waals surface area contributed by atoms with Gasteiger partial charge in [-0.25, -0.2) is 10.2 Å². The van der Waals surface area contributed by atoms with E-state index in [2.05, 4.69) is 20.9 Å². The van der Waals surface area contributed by atoms with Crippen molar-refractivity contribution in [3.8, 4) is 11.5 Å². The van der Waals surface area contributed by atoms with Crippen LogP contribution < -0.4 is 25.6 Å². The van der Waals surface area contributed by atoms with Crippen molar-refractivity contribution in [2.45, 2.75) is 0 Å². The summed E-state index contributed by atoms with van der Waals surface area (Å²) in [5.41, 5.74) is 4.85. The fourth-order valence-electron chi connectivity index (χ4n) is 1.90. The van der Waals surface area contributed by atoms with Crippen LogP contribution in [0, 0.1) is 0 Å². The van der Waals surface area contributed by atoms with Crippen molar-refractivity contribution < 1.29 is 23.8 Å². The van der Waals surface area contributed by atoms with Crippen LogP contribution in [0.3, 0.4) is 0 Å². The first-order chi connectivity index (χ1) is 13.1. The van der Waals surface area contributed by atoms with E-state index in [9.17, 15) is 9.59 Å². The zero-order valence-electron chi connectivity index (χ0n) is 14.6. The summed E-state index contributed by atoms with van der Waals surface area (Å²) in [6.45, 7) is 0.771. The van der Waals surface area contributed by atoms with Gasteiger partial charge in [0.2, 0.25) is 0 Å². The Kier molecular flexibility index (Phi) is 7.86. The first-order valence-corrected chi connectivity index (χ1v) is 8.35. The molecule has 0 saturated carbocycles. The van der Waals surface area contributed by atoms with Gasteiger partial charge in [0.15, 0.2) is 5.11 Å². The molecule has 0 aromatic heterocycles. The van der Waals surface area contributed by atoms with Crippen LogP contribution in [0.1, 0.15) is 10.4 Å². The molecule has 0 aliphatic rings. The van der Waals surface area contributed by atoms with Crippen molar-refractivity contribution in [2.24, 2.45) is 0 Å². The number of hydrazine groups is 1. The van der Waals surface area contributed by atoms with Gasteiger partial charge in [0.25, 0.3) is 5.91 Å². The lowest BCUT2D eigenvalue weighted by Gasteiger charge is -2.11. The van der Waals surface area contributed by atoms with Gasteiger partial charge in [-0.1, -0.05) is 18.2 Å². The van der Waals surface area contributed by atoms with Gasteiger partial charge in [0.05, 0.1) is 7.11 Å². The fraction of sp³-hybridized carbons (Fsp3) is 0.167. The summed E-state index contributed by atoms with van der Waals surface area (Å²) in [4.78, 5) is 23.0. The lowest BCUT2D eigenvalue weighted by Crippen LogP contribution is -2.48. The van der Waals surface area contributed by atoms with Crippen molar-refractivity contribution in [1.29, 1.82) is 0 Å². The monoisotopic (exact) mass is 389 g/mol. The lowest BCUT2D eigenvalue weighted by molar-refractivity contribution is 0.0975. The number of methoxy groups -OCH3 is 1. The molecule has 9 heteroatoms. The van der Waals surface area contributed by atoms with E-state index in [1.54, 1.807) is 24.3 Å². The fourth-order valence-corrected chi connectivity index (χ4v) is 2.05. The van der Waals surface area contributed by atoms with Gasteiger partial charge in [-0.05, 0) is 48.6 Å². The highest BCUT2D eigenvalue weighted by molar-refractivity contribution is 7.80. The third-order valence-electron chi connectivity index (χ3n) is 3.17. The highest BCUT2D eigenvalue weighted by Gasteiger charge is 2.08. The summed E-state index contributed by atoms with van der Waals surface area (Å²) in [7, 11) is 1.20. The molecule has 0 fully saturated rings. The molecule has 0 radical (unpaired) electrons. The minimum absolute atomic E-state index is 0.0659. The molecule has 2 amide bonds. The van der Waals surface area contributed by atoms with Crippen molar-refractivity contribution >= 4 is 29.3 Å². The van der Waals surface area contributed by atoms with E-state index in [1.807, 2.05) is 30.3 Å². The van der Waals surface area contributed by atoms with E-state index in [4.69, 9.17) is 21.7 Å². The van der Waals surface area contributed by atoms with Crippen molar-refractivity contribution in [3.05, 3.63) is 60.2 Å². The van der Waals surface area contributed by atoms with Gasteiger partial charge < -0.3 is 14.2 Å². The first kappa shape index (κ1) is 20.0. The predicted octanol–water partition coefficient (Wildman–Crippen LogP) is 2.02. The Balaban J connectivity index is 1.72. The van der Waals surface area contributed by atoms with E-state index in [1.165, 1.54) is 7.11 Å². The Morgan fingerprint density at radius 3 is 2.07 bits per heavy atom. The van der Waals surface area contributed by atoms with Crippen LogP contribution in [-0.2, 0) is 4.74 Å². The summed E-state index contributed by atoms with van der Waals surface area (Å²) in [6.07, 6.45) is -0.732. The third kappa shape index (κ3) is 7.20. The first-order valence-electron chi connectivity index (χ1n) is 7.94. The minimum atomic E-state index is -0.732. The molecule has 0 bridgehead atoms. The molecule has 8 nitrogen and oxygen atoms in total. The molecular weight excluding hydrogens is 370 g/mol. The average Bonchev–Trinajstić information content (AvgIpc) is 2.70. The molecular formula is C18H19N3O5S. The van der Waals surface area contributed by atoms with Crippen LogP contribution in [0.5, 0.6) is 11.5 Å². The number of carbonyl (C=O) groups excluding carboxylic acids is 2. The summed E-state index contributed by atoms with van der Waals surface area (Å²) in [5, 5.41) is 2.35. The molecule has 2 rings (SSSR count). The number of carbonyl (C=O) groups is 2. The van der Waals surface area contributed by atoms with Crippen LogP contribution >= 0.6 is 12.2 Å². The number of thiocarbonyl (C=S) groups is 1. The normalized spacial score (nSPS) is 9.67. The van der Waals surface area contributed by atoms with E-state index < -0.39 is 12.0 Å². The van der Waals surface area contributed by atoms with Gasteiger partial charge in [-0.2, -0.15) is 0 Å². The number of benzene rings is 2. The van der Waals surface area contributed by atoms with Crippen LogP contribution in [-0.4, -0.2) is 37.4 Å². The summed E-state index contributed by atoms with van der Waals surface area (Å²) in [5.74, 6) is 0.953. The molecule has 0 saturated heterocycles. The van der Waals surface area contributed by atoms with Gasteiger partial charge in [-0.15, -0.1) is 0 Å². The molecule has 142 valence electrons. The zero-order chi connectivity index (χ0) is 19.5. The highest BCUT2D eigenvalue weighted by Crippen LogP contribution is 2.13. The maximum atomic E-state index is 12.1. The SMILES string of the molecule is COC(=O)NNC(=S)NC(=O)c1ccc(OCCOc2ccccc2)cc1. The van der Waals surface area contributed by atoms with E-state index in [0.29, 0.717) is 24.5 Å². The lowest BCUT2D eigenvalue weighted by atomic mass is 10.2. The molecule has 0 atom stereocenters. The predicted molar refractivity (Wildman–Crippen MR) is 103 cm³/mol. The maximum Gasteiger partial charge on any atom is 0.425 e. The topological polar surface area (TPSA) is 97.9 Å². The highest BCUT2D eigenvalue weighted by atomic mass is 32.1. The second-order valence-electron chi connectivity index (χ2n) is 5.06. The molecule has 2 aromatic carbocycles. The van der Waals surface area contributed by atoms with Gasteiger partial charge in [0, 0.05) is 5.56 Å². The van der Waals surface area contributed by atoms with E-state index in [-0.39, 0.29) is 5.11 Å². The van der Waals surface area contributed by atoms with Gasteiger partial charge >= 0.3 is 6.09 Å². The quantitative estimate of drug-likeness (QED) is 0.395. The van der Waals surface area contributed by atoms with Gasteiger partial charge in [0.1, 0.15) is 24.7 Å². The number of nitrogens with one attached hydrogen (secondary N) is 3. The average molecular weight is 389 g/mol. The van der Waals surface area contributed by atoms with Crippen LogP contribution in [0.2, 0.25) is 0 Å². The smallest absolute Gasteiger partial charge is 0.425 e. The largest absolute Gasteiger partial charge is 0.490 e. The summed E-state index contributed by atoms with van der Waals surface area (Å²) >= 11 is 4.88. The van der Waals surface area contributed by atoms with E-state index in [0.717, 1.165) is 5.75 Å². The molecule has 3 N–H and O–H groups in total. The number of amides is 2. The maximum absolute atomic E-state index is 12.1. The zero-order valence-corrected chi connectivity index (χ0v) is 15.4. The molecule has 0 spiro atoms. The summed E-state index contributed by atoms with van der Waals surface area (Å²) in [6, 6.07) is 16.0. The van der Waals surface area contributed by atoms with E-state index >= 15 is 0 Å². The Hall–Kier alpha value is -3.33. The number of para-hydroxylation sites is 1. The molecule has 0 aliphatic heterocycles. The summed E-state index contributed by atoms with van der Waals surface area (Å²) < 4.78 is 15.5. The Bertz CT molecular complexity index is 768. The second-order valence-corrected chi connectivity index (χ2v) is 5.47. The molecule has 0 unspecified atom stereocenters. The minimum Gasteiger partial charge on any atom is -0.490 e. The van der Waals surface area contributed by atoms with Gasteiger partial charge in [-0.3, -0.25) is 15.5 Å². The van der Waals surface area contributed by atoms with Crippen LogP contribution in [0.4, 0.5) is 4.79 Å².